The quantitative estimate of drug-likeness (QED) is 0.138. The number of aromatic nitrogens is 22. The third-order valence-electron chi connectivity index (χ3n) is 18.7. The van der Waals surface area contributed by atoms with Crippen molar-refractivity contribution >= 4 is 16.7 Å². The van der Waals surface area contributed by atoms with Crippen molar-refractivity contribution in [1.82, 2.24) is 113 Å². The highest BCUT2D eigenvalue weighted by atomic mass is 15.4. The van der Waals surface area contributed by atoms with Crippen molar-refractivity contribution in [2.24, 2.45) is 0 Å². The molecule has 552 valence electrons. The van der Waals surface area contributed by atoms with E-state index in [0.717, 1.165) is 110 Å². The van der Waals surface area contributed by atoms with Gasteiger partial charge in [-0.05, 0) is 105 Å². The Hall–Kier alpha value is -8.34. The van der Waals surface area contributed by atoms with Gasteiger partial charge in [0.25, 0.3) is 0 Å². The fraction of sp³-hybridized carbons (Fsp3) is 0.620. The van der Waals surface area contributed by atoms with E-state index >= 15 is 0 Å². The van der Waals surface area contributed by atoms with Crippen LogP contribution in [0.3, 0.4) is 0 Å². The summed E-state index contributed by atoms with van der Waals surface area (Å²) in [5, 5.41) is 59.0. The SMILES string of the molecule is CC(C)(C)c1cnn2c1CCC2.CC(C)(C)c1cnn2ccccc12.CC(C)(C)c1nnc2ccccn12.CC(C)(C)c1nnc2n1CCC2.CC(C)(C)c1nnn2c1CCC2.CC(C)(C)c1nnn2ccccc12.CC1CCc2nnc(C(C)(C)C)n21.CN1CCn2c(nnc2C(C)(C)C)C1. The normalized spacial score (nSPS) is 15.8. The van der Waals surface area contributed by atoms with Gasteiger partial charge in [-0.25, -0.2) is 13.7 Å². The molecule has 0 saturated heterocycles. The van der Waals surface area contributed by atoms with Crippen molar-refractivity contribution in [1.29, 1.82) is 0 Å². The monoisotopic (exact) mass is 1390 g/mol. The summed E-state index contributed by atoms with van der Waals surface area (Å²) in [6.45, 7) is 61.0. The van der Waals surface area contributed by atoms with Crippen LogP contribution in [0, 0.1) is 0 Å². The second kappa shape index (κ2) is 30.5. The first-order valence-electron chi connectivity index (χ1n) is 37.0. The van der Waals surface area contributed by atoms with Crippen LogP contribution in [0.1, 0.15) is 279 Å². The van der Waals surface area contributed by atoms with E-state index < -0.39 is 0 Å². The van der Waals surface area contributed by atoms with Gasteiger partial charge in [0.05, 0.1) is 47.1 Å². The van der Waals surface area contributed by atoms with Crippen LogP contribution in [0.2, 0.25) is 0 Å². The molecule has 0 N–H and O–H groups in total. The predicted molar refractivity (Wildman–Crippen MR) is 407 cm³/mol. The molecule has 23 heteroatoms. The number of pyridine rings is 3. The lowest BCUT2D eigenvalue weighted by atomic mass is 9.87. The lowest BCUT2D eigenvalue weighted by molar-refractivity contribution is 0.258. The zero-order valence-corrected chi connectivity index (χ0v) is 66.8. The van der Waals surface area contributed by atoms with Gasteiger partial charge in [-0.15, -0.1) is 51.0 Å². The van der Waals surface area contributed by atoms with Gasteiger partial charge in [0.1, 0.15) is 40.8 Å². The molecule has 0 saturated carbocycles. The minimum Gasteiger partial charge on any atom is -0.315 e. The van der Waals surface area contributed by atoms with Crippen molar-refractivity contribution in [2.45, 2.75) is 307 Å². The van der Waals surface area contributed by atoms with Crippen molar-refractivity contribution in [3.63, 3.8) is 0 Å². The van der Waals surface area contributed by atoms with Crippen molar-refractivity contribution in [3.05, 3.63) is 160 Å². The molecule has 0 spiro atoms. The zero-order chi connectivity index (χ0) is 74.7. The number of likely N-dealkylation sites (N-methyl/N-ethyl adjacent to an activating group) is 1. The minimum atomic E-state index is 0.0424. The van der Waals surface area contributed by atoms with Crippen LogP contribution in [0.15, 0.2) is 85.6 Å². The number of rotatable bonds is 0. The van der Waals surface area contributed by atoms with E-state index in [0.29, 0.717) is 6.04 Å². The largest absolute Gasteiger partial charge is 0.315 e. The van der Waals surface area contributed by atoms with Gasteiger partial charge in [0.15, 0.2) is 5.65 Å². The number of hydrogen-bond donors (Lipinski definition) is 0. The summed E-state index contributed by atoms with van der Waals surface area (Å²) in [6.07, 6.45) is 19.4. The maximum Gasteiger partial charge on any atom is 0.160 e. The molecule has 16 heterocycles. The topological polar surface area (TPSA) is 222 Å². The lowest BCUT2D eigenvalue weighted by Crippen LogP contribution is -2.33. The highest BCUT2D eigenvalue weighted by Crippen LogP contribution is 2.34. The van der Waals surface area contributed by atoms with E-state index in [9.17, 15) is 0 Å². The second-order valence-corrected chi connectivity index (χ2v) is 36.3. The van der Waals surface area contributed by atoms with Crippen molar-refractivity contribution in [2.75, 3.05) is 13.6 Å². The van der Waals surface area contributed by atoms with Gasteiger partial charge >= 0.3 is 0 Å². The number of aryl methyl sites for hydroxylation is 4. The molecule has 0 fully saturated rings. The molecule has 0 aliphatic carbocycles. The molecule has 1 unspecified atom stereocenters. The fourth-order valence-corrected chi connectivity index (χ4v) is 13.3. The summed E-state index contributed by atoms with van der Waals surface area (Å²) in [7, 11) is 2.12. The summed E-state index contributed by atoms with van der Waals surface area (Å²) in [5.41, 5.74) is 12.0. The van der Waals surface area contributed by atoms with Crippen LogP contribution in [-0.4, -0.2) is 127 Å². The predicted octanol–water partition coefficient (Wildman–Crippen LogP) is 15.0. The molecule has 5 aliphatic rings. The summed E-state index contributed by atoms with van der Waals surface area (Å²) < 4.78 is 16.8. The average Bonchev–Trinajstić information content (AvgIpc) is 1.63. The van der Waals surface area contributed by atoms with Gasteiger partial charge < -0.3 is 13.7 Å². The average molecular weight is 1390 g/mol. The van der Waals surface area contributed by atoms with E-state index in [1.165, 1.54) is 71.7 Å². The molecule has 1 atom stereocenters. The van der Waals surface area contributed by atoms with E-state index in [1.807, 2.05) is 93.1 Å². The number of fused-ring (bicyclic) bond motifs is 8. The van der Waals surface area contributed by atoms with Crippen LogP contribution in [0.25, 0.3) is 16.7 Å². The van der Waals surface area contributed by atoms with Crippen LogP contribution < -0.4 is 0 Å². The summed E-state index contributed by atoms with van der Waals surface area (Å²) in [6, 6.07) is 18.7. The van der Waals surface area contributed by atoms with Crippen molar-refractivity contribution < 1.29 is 0 Å². The summed E-state index contributed by atoms with van der Waals surface area (Å²) in [5.74, 6) is 7.81. The molecule has 16 rings (SSSR count). The van der Waals surface area contributed by atoms with E-state index in [4.69, 9.17) is 0 Å². The molecule has 0 bridgehead atoms. The van der Waals surface area contributed by atoms with Gasteiger partial charge in [-0.1, -0.05) is 195 Å². The summed E-state index contributed by atoms with van der Waals surface area (Å²) in [4.78, 5) is 2.27. The van der Waals surface area contributed by atoms with E-state index in [-0.39, 0.29) is 43.3 Å². The van der Waals surface area contributed by atoms with E-state index in [1.54, 1.807) is 4.52 Å². The smallest absolute Gasteiger partial charge is 0.160 e. The lowest BCUT2D eigenvalue weighted by Gasteiger charge is -2.26. The Morgan fingerprint density at radius 2 is 0.882 bits per heavy atom. The Labute approximate surface area is 607 Å². The fourth-order valence-electron chi connectivity index (χ4n) is 13.3. The molecule has 23 nitrogen and oxygen atoms in total. The molecule has 11 aromatic heterocycles. The first-order valence-corrected chi connectivity index (χ1v) is 37.0. The van der Waals surface area contributed by atoms with E-state index in [2.05, 4.69) is 281 Å². The maximum atomic E-state index is 4.38. The van der Waals surface area contributed by atoms with Crippen molar-refractivity contribution in [3.8, 4) is 0 Å². The Morgan fingerprint density at radius 1 is 0.373 bits per heavy atom. The molecular formula is C79H121N23. The van der Waals surface area contributed by atoms with Crippen LogP contribution in [-0.2, 0) is 102 Å². The molecule has 0 amide bonds. The third-order valence-corrected chi connectivity index (χ3v) is 18.7. The van der Waals surface area contributed by atoms with Crippen LogP contribution in [0.5, 0.6) is 0 Å². The molecule has 5 aliphatic heterocycles. The Bertz CT molecular complexity index is 4160. The summed E-state index contributed by atoms with van der Waals surface area (Å²) >= 11 is 0. The first kappa shape index (κ1) is 77.8. The van der Waals surface area contributed by atoms with Gasteiger partial charge in [0.2, 0.25) is 0 Å². The highest BCUT2D eigenvalue weighted by Gasteiger charge is 2.32. The zero-order valence-electron chi connectivity index (χ0n) is 66.8. The van der Waals surface area contributed by atoms with Crippen LogP contribution in [0.4, 0.5) is 0 Å². The first-order chi connectivity index (χ1) is 47.5. The molecule has 0 radical (unpaired) electrons. The maximum absolute atomic E-state index is 4.38. The molecule has 0 aromatic carbocycles. The molecule has 102 heavy (non-hydrogen) atoms. The third kappa shape index (κ3) is 18.7. The van der Waals surface area contributed by atoms with Crippen LogP contribution >= 0.6 is 0 Å². The molecule has 11 aromatic rings. The van der Waals surface area contributed by atoms with Gasteiger partial charge in [0, 0.05) is 114 Å². The Kier molecular flexibility index (Phi) is 23.3. The second-order valence-electron chi connectivity index (χ2n) is 36.3. The minimum absolute atomic E-state index is 0.0424. The van der Waals surface area contributed by atoms with Gasteiger partial charge in [-0.3, -0.25) is 14.0 Å². The highest BCUT2D eigenvalue weighted by molar-refractivity contribution is 5.56. The Balaban J connectivity index is 0.000000136. The number of hydrogen-bond acceptors (Lipinski definition) is 15. The van der Waals surface area contributed by atoms with Gasteiger partial charge in [-0.2, -0.15) is 10.2 Å². The standard InChI is InChI=1S/C11H14N2.C10H18N4.C10H17N3.2C10H13N3.C10H16N2.2C9H15N3/c1-11(2,3)9-8-12-13-7-5-4-6-10(9)13;1-10(2,3)9-12-11-8-7-13(4)5-6-14(8)9;1-7-5-6-8-11-12-9(13(7)8)10(2,3)4;1-10(2,3)9-12-11-8-6-4-5-7-13(8)9;1-10(2,3)9-8-6-4-5-7-13(8)12-11-9;1-10(2,3)8-7-11-12-6-4-5-9(8)12;1-9(2,3)8-11-10-7-5-4-6-12(7)8;1-9(2,3)8-7-5-4-6-12(7)11-10-8/h4-8H,1-3H3;5-7H2,1-4H3;7H,5-6H2,1-4H3;2*4-7H,1-3H3;7H,4-6H2,1-3H3;2*4-6H2,1-3H3. The number of nitrogens with zero attached hydrogens (tertiary/aromatic N) is 23. The Morgan fingerprint density at radius 3 is 1.50 bits per heavy atom. The molecular weight excluding hydrogens is 1270 g/mol.